The predicted octanol–water partition coefficient (Wildman–Crippen LogP) is 1.18. The lowest BCUT2D eigenvalue weighted by Gasteiger charge is -2.10. The Morgan fingerprint density at radius 1 is 1.32 bits per heavy atom. The first-order valence-electron chi connectivity index (χ1n) is 5.77. The summed E-state index contributed by atoms with van der Waals surface area (Å²) in [5.41, 5.74) is 2.99. The van der Waals surface area contributed by atoms with Crippen LogP contribution in [0.2, 0.25) is 0 Å². The van der Waals surface area contributed by atoms with Crippen molar-refractivity contribution in [1.82, 2.24) is 14.8 Å². The summed E-state index contributed by atoms with van der Waals surface area (Å²) >= 11 is 0. The topological polar surface area (TPSA) is 77.0 Å². The highest BCUT2D eigenvalue weighted by Gasteiger charge is 2.15. The summed E-state index contributed by atoms with van der Waals surface area (Å²) in [5, 5.41) is 6.67. The fourth-order valence-electron chi connectivity index (χ4n) is 2.12. The van der Waals surface area contributed by atoms with Gasteiger partial charge in [0.2, 0.25) is 0 Å². The van der Waals surface area contributed by atoms with Crippen LogP contribution in [0.1, 0.15) is 21.6 Å². The molecule has 0 amide bonds. The second-order valence-electron chi connectivity index (χ2n) is 4.38. The number of pyridine rings is 1. The summed E-state index contributed by atoms with van der Waals surface area (Å²) in [7, 11) is 2.99. The van der Waals surface area contributed by atoms with Crippen LogP contribution in [0.25, 0.3) is 11.4 Å². The van der Waals surface area contributed by atoms with E-state index < -0.39 is 5.97 Å². The van der Waals surface area contributed by atoms with E-state index in [1.807, 2.05) is 13.0 Å². The second-order valence-corrected chi connectivity index (χ2v) is 4.38. The van der Waals surface area contributed by atoms with Crippen molar-refractivity contribution >= 4 is 5.97 Å². The Morgan fingerprint density at radius 3 is 2.63 bits per heavy atom. The first-order chi connectivity index (χ1) is 8.95. The lowest BCUT2D eigenvalue weighted by molar-refractivity contribution is 0.0594. The highest BCUT2D eigenvalue weighted by Crippen LogP contribution is 2.20. The van der Waals surface area contributed by atoms with Gasteiger partial charge in [0.1, 0.15) is 11.4 Å². The van der Waals surface area contributed by atoms with E-state index in [2.05, 4.69) is 14.9 Å². The second kappa shape index (κ2) is 4.72. The minimum absolute atomic E-state index is 0.0804. The first-order valence-corrected chi connectivity index (χ1v) is 5.77. The highest BCUT2D eigenvalue weighted by molar-refractivity contribution is 5.88. The van der Waals surface area contributed by atoms with E-state index in [1.54, 1.807) is 20.0 Å². The van der Waals surface area contributed by atoms with E-state index >= 15 is 0 Å². The number of aryl methyl sites for hydroxylation is 2. The number of esters is 1. The van der Waals surface area contributed by atoms with Crippen molar-refractivity contribution in [3.8, 4) is 11.4 Å². The molecular weight excluding hydrogens is 246 g/mol. The lowest BCUT2D eigenvalue weighted by atomic mass is 10.1. The molecule has 0 fully saturated rings. The third-order valence-corrected chi connectivity index (χ3v) is 3.01. The molecule has 0 saturated heterocycles. The Balaban J connectivity index is 2.60. The standard InChI is InChI=1S/C13H15N3O3/c1-7-5-8(2)12(17)16(3)11(7)9-6-10(15-14-9)13(18)19-4/h5-6H,1-4H3,(H,14,15). The summed E-state index contributed by atoms with van der Waals surface area (Å²) in [6, 6.07) is 3.38. The Morgan fingerprint density at radius 2 is 2.00 bits per heavy atom. The zero-order valence-corrected chi connectivity index (χ0v) is 11.3. The van der Waals surface area contributed by atoms with Gasteiger partial charge < -0.3 is 9.30 Å². The van der Waals surface area contributed by atoms with Crippen LogP contribution >= 0.6 is 0 Å². The molecule has 0 atom stereocenters. The van der Waals surface area contributed by atoms with Crippen molar-refractivity contribution < 1.29 is 9.53 Å². The first kappa shape index (κ1) is 13.1. The number of nitrogens with one attached hydrogen (secondary N) is 1. The average molecular weight is 261 g/mol. The summed E-state index contributed by atoms with van der Waals surface area (Å²) in [6.45, 7) is 3.66. The van der Waals surface area contributed by atoms with Gasteiger partial charge in [-0.15, -0.1) is 0 Å². The highest BCUT2D eigenvalue weighted by atomic mass is 16.5. The van der Waals surface area contributed by atoms with Gasteiger partial charge in [0, 0.05) is 18.7 Å². The molecule has 6 nitrogen and oxygen atoms in total. The third-order valence-electron chi connectivity index (χ3n) is 3.01. The molecule has 19 heavy (non-hydrogen) atoms. The normalized spacial score (nSPS) is 10.5. The Hall–Kier alpha value is -2.37. The molecule has 2 aromatic rings. The van der Waals surface area contributed by atoms with E-state index in [9.17, 15) is 9.59 Å². The minimum atomic E-state index is -0.492. The number of hydrogen-bond donors (Lipinski definition) is 1. The number of H-pyrrole nitrogens is 1. The van der Waals surface area contributed by atoms with E-state index in [1.165, 1.54) is 11.7 Å². The lowest BCUT2D eigenvalue weighted by Crippen LogP contribution is -2.21. The number of rotatable bonds is 2. The number of nitrogens with zero attached hydrogens (tertiary/aromatic N) is 2. The molecule has 0 aromatic carbocycles. The van der Waals surface area contributed by atoms with Crippen molar-refractivity contribution in [3.63, 3.8) is 0 Å². The average Bonchev–Trinajstić information content (AvgIpc) is 2.84. The zero-order valence-electron chi connectivity index (χ0n) is 11.3. The Bertz CT molecular complexity index is 698. The molecule has 6 heteroatoms. The maximum Gasteiger partial charge on any atom is 0.356 e. The maximum atomic E-state index is 11.9. The number of hydrogen-bond acceptors (Lipinski definition) is 4. The molecule has 2 heterocycles. The van der Waals surface area contributed by atoms with Gasteiger partial charge in [-0.1, -0.05) is 0 Å². The van der Waals surface area contributed by atoms with Gasteiger partial charge in [0.05, 0.1) is 12.8 Å². The van der Waals surface area contributed by atoms with E-state index in [-0.39, 0.29) is 11.3 Å². The van der Waals surface area contributed by atoms with E-state index in [4.69, 9.17) is 0 Å². The van der Waals surface area contributed by atoms with Crippen LogP contribution in [0.5, 0.6) is 0 Å². The molecule has 0 radical (unpaired) electrons. The van der Waals surface area contributed by atoms with Crippen molar-refractivity contribution in [2.45, 2.75) is 13.8 Å². The quantitative estimate of drug-likeness (QED) is 0.823. The monoisotopic (exact) mass is 261 g/mol. The van der Waals surface area contributed by atoms with Crippen LogP contribution in [0.3, 0.4) is 0 Å². The Kier molecular flexibility index (Phi) is 3.25. The number of methoxy groups -OCH3 is 1. The SMILES string of the molecule is COC(=O)c1cc(-c2c(C)cc(C)c(=O)n2C)n[nH]1. The van der Waals surface area contributed by atoms with E-state index in [0.29, 0.717) is 17.0 Å². The Labute approximate surface area is 110 Å². The fraction of sp³-hybridized carbons (Fsp3) is 0.308. The number of carbonyl (C=O) groups is 1. The fourth-order valence-corrected chi connectivity index (χ4v) is 2.12. The number of aromatic amines is 1. The summed E-state index contributed by atoms with van der Waals surface area (Å²) in [4.78, 5) is 23.3. The molecule has 0 saturated carbocycles. The molecule has 0 aliphatic rings. The van der Waals surface area contributed by atoms with E-state index in [0.717, 1.165) is 5.56 Å². The molecule has 1 N–H and O–H groups in total. The summed E-state index contributed by atoms with van der Waals surface area (Å²) in [5.74, 6) is -0.492. The molecule has 0 unspecified atom stereocenters. The smallest absolute Gasteiger partial charge is 0.356 e. The summed E-state index contributed by atoms with van der Waals surface area (Å²) in [6.07, 6.45) is 0. The van der Waals surface area contributed by atoms with Gasteiger partial charge >= 0.3 is 5.97 Å². The van der Waals surface area contributed by atoms with Gasteiger partial charge in [0.25, 0.3) is 5.56 Å². The van der Waals surface area contributed by atoms with Gasteiger partial charge in [0.15, 0.2) is 0 Å². The third kappa shape index (κ3) is 2.16. The van der Waals surface area contributed by atoms with Crippen LogP contribution in [0.15, 0.2) is 16.9 Å². The van der Waals surface area contributed by atoms with Crippen molar-refractivity contribution in [2.24, 2.45) is 7.05 Å². The van der Waals surface area contributed by atoms with Crippen LogP contribution in [-0.2, 0) is 11.8 Å². The van der Waals surface area contributed by atoms with Gasteiger partial charge in [-0.05, 0) is 25.5 Å². The van der Waals surface area contributed by atoms with Crippen molar-refractivity contribution in [1.29, 1.82) is 0 Å². The van der Waals surface area contributed by atoms with Crippen LogP contribution in [0.4, 0.5) is 0 Å². The minimum Gasteiger partial charge on any atom is -0.464 e. The molecule has 0 aliphatic carbocycles. The van der Waals surface area contributed by atoms with Gasteiger partial charge in [-0.2, -0.15) is 5.10 Å². The number of carbonyl (C=O) groups excluding carboxylic acids is 1. The zero-order chi connectivity index (χ0) is 14.2. The molecule has 2 aromatic heterocycles. The molecule has 0 bridgehead atoms. The molecule has 0 spiro atoms. The van der Waals surface area contributed by atoms with Crippen LogP contribution in [0, 0.1) is 13.8 Å². The van der Waals surface area contributed by atoms with Crippen molar-refractivity contribution in [2.75, 3.05) is 7.11 Å². The van der Waals surface area contributed by atoms with Gasteiger partial charge in [-0.25, -0.2) is 4.79 Å². The molecular formula is C13H15N3O3. The number of ether oxygens (including phenoxy) is 1. The molecule has 2 rings (SSSR count). The van der Waals surface area contributed by atoms with Gasteiger partial charge in [-0.3, -0.25) is 9.89 Å². The molecule has 0 aliphatic heterocycles. The van der Waals surface area contributed by atoms with Crippen LogP contribution in [-0.4, -0.2) is 27.8 Å². The number of aromatic nitrogens is 3. The maximum absolute atomic E-state index is 11.9. The summed E-state index contributed by atoms with van der Waals surface area (Å²) < 4.78 is 6.14. The molecule has 100 valence electrons. The predicted molar refractivity (Wildman–Crippen MR) is 70.1 cm³/mol. The van der Waals surface area contributed by atoms with Crippen molar-refractivity contribution in [3.05, 3.63) is 39.3 Å². The largest absolute Gasteiger partial charge is 0.464 e. The van der Waals surface area contributed by atoms with Crippen LogP contribution < -0.4 is 5.56 Å².